The summed E-state index contributed by atoms with van der Waals surface area (Å²) in [6.45, 7) is 0.621. The summed E-state index contributed by atoms with van der Waals surface area (Å²) >= 11 is 0. The number of sulfonamides is 1. The first kappa shape index (κ1) is 19.4. The highest BCUT2D eigenvalue weighted by Gasteiger charge is 2.27. The molecule has 0 radical (unpaired) electrons. The zero-order valence-electron chi connectivity index (χ0n) is 15.6. The molecule has 3 aromatic rings. The molecule has 2 heterocycles. The van der Waals surface area contributed by atoms with E-state index in [1.807, 2.05) is 18.2 Å². The molecule has 1 aliphatic heterocycles. The van der Waals surface area contributed by atoms with Gasteiger partial charge in [0.2, 0.25) is 10.0 Å². The number of hydrogen-bond donors (Lipinski definition) is 1. The number of H-pyrrole nitrogens is 1. The Labute approximate surface area is 168 Å². The van der Waals surface area contributed by atoms with Crippen LogP contribution >= 0.6 is 0 Å². The van der Waals surface area contributed by atoms with Crippen molar-refractivity contribution in [3.8, 4) is 0 Å². The quantitative estimate of drug-likeness (QED) is 0.496. The Kier molecular flexibility index (Phi) is 5.21. The van der Waals surface area contributed by atoms with Gasteiger partial charge in [-0.1, -0.05) is 18.2 Å². The van der Waals surface area contributed by atoms with Gasteiger partial charge in [0.15, 0.2) is 12.4 Å². The van der Waals surface area contributed by atoms with Crippen LogP contribution in [0.2, 0.25) is 0 Å². The van der Waals surface area contributed by atoms with Crippen LogP contribution in [-0.2, 0) is 14.8 Å². The minimum Gasteiger partial charge on any atom is -0.454 e. The van der Waals surface area contributed by atoms with Crippen LogP contribution in [0.5, 0.6) is 0 Å². The summed E-state index contributed by atoms with van der Waals surface area (Å²) in [5, 5.41) is 0.724. The minimum absolute atomic E-state index is 0.159. The third-order valence-electron chi connectivity index (χ3n) is 5.02. The maximum atomic E-state index is 12.5. The highest BCUT2D eigenvalue weighted by molar-refractivity contribution is 7.89. The number of aromatic amines is 1. The van der Waals surface area contributed by atoms with Crippen LogP contribution in [0.1, 0.15) is 33.6 Å². The number of carbonyl (C=O) groups excluding carboxylic acids is 2. The van der Waals surface area contributed by atoms with Gasteiger partial charge in [-0.3, -0.25) is 4.79 Å². The van der Waals surface area contributed by atoms with Crippen molar-refractivity contribution in [2.75, 3.05) is 19.7 Å². The molecule has 150 valence electrons. The van der Waals surface area contributed by atoms with Crippen molar-refractivity contribution >= 4 is 32.7 Å². The number of benzene rings is 2. The third kappa shape index (κ3) is 3.81. The van der Waals surface area contributed by atoms with Crippen LogP contribution in [0.4, 0.5) is 0 Å². The number of rotatable bonds is 6. The number of ketones is 1. The molecule has 0 bridgehead atoms. The number of nitrogens with one attached hydrogen (secondary N) is 1. The third-order valence-corrected chi connectivity index (χ3v) is 6.94. The number of Topliss-reactive ketones (excluding diaryl/α,β-unsaturated/α-hetero) is 1. The van der Waals surface area contributed by atoms with E-state index < -0.39 is 28.4 Å². The lowest BCUT2D eigenvalue weighted by Crippen LogP contribution is -2.27. The van der Waals surface area contributed by atoms with E-state index in [4.69, 9.17) is 4.74 Å². The number of fused-ring (bicyclic) bond motifs is 1. The molecule has 7 nitrogen and oxygen atoms in total. The van der Waals surface area contributed by atoms with Crippen LogP contribution in [0, 0.1) is 0 Å². The fourth-order valence-corrected chi connectivity index (χ4v) is 4.94. The first-order valence-corrected chi connectivity index (χ1v) is 10.8. The van der Waals surface area contributed by atoms with Crippen LogP contribution in [0.15, 0.2) is 59.6 Å². The molecule has 1 aromatic heterocycles. The average molecular weight is 412 g/mol. The molecule has 1 fully saturated rings. The van der Waals surface area contributed by atoms with Gasteiger partial charge in [0.1, 0.15) is 0 Å². The van der Waals surface area contributed by atoms with Gasteiger partial charge in [-0.05, 0) is 43.2 Å². The standard InChI is InChI=1S/C21H20N2O5S/c24-20(14-28-21(25)18-13-22-19-6-2-1-5-17(18)19)15-7-9-16(10-8-15)29(26,27)23-11-3-4-12-23/h1-2,5-10,13,22H,3-4,11-12,14H2. The van der Waals surface area contributed by atoms with Crippen LogP contribution in [-0.4, -0.2) is 49.2 Å². The first-order valence-electron chi connectivity index (χ1n) is 9.33. The van der Waals surface area contributed by atoms with Crippen molar-refractivity contribution in [3.63, 3.8) is 0 Å². The zero-order valence-corrected chi connectivity index (χ0v) is 16.4. The van der Waals surface area contributed by atoms with Crippen molar-refractivity contribution in [1.82, 2.24) is 9.29 Å². The van der Waals surface area contributed by atoms with Crippen molar-refractivity contribution in [2.24, 2.45) is 0 Å². The Balaban J connectivity index is 1.41. The maximum Gasteiger partial charge on any atom is 0.340 e. The predicted octanol–water partition coefficient (Wildman–Crippen LogP) is 2.99. The molecule has 0 atom stereocenters. The molecule has 29 heavy (non-hydrogen) atoms. The molecule has 4 rings (SSSR count). The second-order valence-electron chi connectivity index (χ2n) is 6.88. The number of ether oxygens (including phenoxy) is 1. The lowest BCUT2D eigenvalue weighted by molar-refractivity contribution is 0.0476. The fraction of sp³-hybridized carbons (Fsp3) is 0.238. The van der Waals surface area contributed by atoms with E-state index in [0.29, 0.717) is 18.7 Å². The Morgan fingerprint density at radius 2 is 1.69 bits per heavy atom. The summed E-state index contributed by atoms with van der Waals surface area (Å²) < 4.78 is 31.7. The lowest BCUT2D eigenvalue weighted by Gasteiger charge is -2.15. The molecule has 0 aliphatic carbocycles. The lowest BCUT2D eigenvalue weighted by atomic mass is 10.1. The average Bonchev–Trinajstić information content (AvgIpc) is 3.42. The number of carbonyl (C=O) groups is 2. The van der Waals surface area contributed by atoms with Crippen molar-refractivity contribution in [1.29, 1.82) is 0 Å². The summed E-state index contributed by atoms with van der Waals surface area (Å²) in [5.41, 5.74) is 1.46. The minimum atomic E-state index is -3.52. The summed E-state index contributed by atoms with van der Waals surface area (Å²) in [5.74, 6) is -0.993. The van der Waals surface area contributed by atoms with Crippen molar-refractivity contribution < 1.29 is 22.7 Å². The Hall–Kier alpha value is -2.97. The predicted molar refractivity (Wildman–Crippen MR) is 107 cm³/mol. The van der Waals surface area contributed by atoms with Crippen LogP contribution < -0.4 is 0 Å². The van der Waals surface area contributed by atoms with Gasteiger partial charge in [-0.15, -0.1) is 0 Å². The second-order valence-corrected chi connectivity index (χ2v) is 8.82. The van der Waals surface area contributed by atoms with E-state index in [0.717, 1.165) is 23.7 Å². The molecule has 2 aromatic carbocycles. The molecule has 8 heteroatoms. The molecule has 1 N–H and O–H groups in total. The Morgan fingerprint density at radius 1 is 1.00 bits per heavy atom. The monoisotopic (exact) mass is 412 g/mol. The van der Waals surface area contributed by atoms with Gasteiger partial charge in [0.05, 0.1) is 10.5 Å². The number of nitrogens with zero attached hydrogens (tertiary/aromatic N) is 1. The summed E-state index contributed by atoms with van der Waals surface area (Å²) in [7, 11) is -3.52. The van der Waals surface area contributed by atoms with Gasteiger partial charge >= 0.3 is 5.97 Å². The number of aromatic nitrogens is 1. The maximum absolute atomic E-state index is 12.5. The molecule has 0 amide bonds. The van der Waals surface area contributed by atoms with Gasteiger partial charge in [0.25, 0.3) is 0 Å². The highest BCUT2D eigenvalue weighted by Crippen LogP contribution is 2.22. The van der Waals surface area contributed by atoms with Crippen LogP contribution in [0.3, 0.4) is 0 Å². The number of hydrogen-bond acceptors (Lipinski definition) is 5. The smallest absolute Gasteiger partial charge is 0.340 e. The molecule has 1 aliphatic rings. The fourth-order valence-electron chi connectivity index (χ4n) is 3.42. The van der Waals surface area contributed by atoms with Crippen molar-refractivity contribution in [3.05, 3.63) is 65.9 Å². The molecular formula is C21H20N2O5S. The highest BCUT2D eigenvalue weighted by atomic mass is 32.2. The summed E-state index contributed by atoms with van der Waals surface area (Å²) in [6, 6.07) is 13.0. The number of esters is 1. The SMILES string of the molecule is O=C(COC(=O)c1c[nH]c2ccccc12)c1ccc(S(=O)(=O)N2CCCC2)cc1. The van der Waals surface area contributed by atoms with E-state index in [2.05, 4.69) is 4.98 Å². The molecule has 0 unspecified atom stereocenters. The first-order chi connectivity index (χ1) is 14.0. The van der Waals surface area contributed by atoms with E-state index in [1.165, 1.54) is 28.6 Å². The summed E-state index contributed by atoms with van der Waals surface area (Å²) in [6.07, 6.45) is 3.27. The largest absolute Gasteiger partial charge is 0.454 e. The van der Waals surface area contributed by atoms with E-state index in [1.54, 1.807) is 12.3 Å². The van der Waals surface area contributed by atoms with Gasteiger partial charge in [-0.25, -0.2) is 13.2 Å². The molecule has 0 saturated carbocycles. The topological polar surface area (TPSA) is 96.5 Å². The molecular weight excluding hydrogens is 392 g/mol. The Morgan fingerprint density at radius 3 is 2.41 bits per heavy atom. The van der Waals surface area contributed by atoms with E-state index in [9.17, 15) is 18.0 Å². The number of para-hydroxylation sites is 1. The van der Waals surface area contributed by atoms with E-state index >= 15 is 0 Å². The summed E-state index contributed by atoms with van der Waals surface area (Å²) in [4.78, 5) is 27.8. The van der Waals surface area contributed by atoms with Gasteiger partial charge < -0.3 is 9.72 Å². The van der Waals surface area contributed by atoms with Gasteiger partial charge in [0, 0.05) is 35.8 Å². The van der Waals surface area contributed by atoms with Crippen molar-refractivity contribution in [2.45, 2.75) is 17.7 Å². The second kappa shape index (κ2) is 7.81. The van der Waals surface area contributed by atoms with Gasteiger partial charge in [-0.2, -0.15) is 4.31 Å². The Bertz CT molecular complexity index is 1160. The normalized spacial score (nSPS) is 14.9. The zero-order chi connectivity index (χ0) is 20.4. The molecule has 0 spiro atoms. The van der Waals surface area contributed by atoms with Crippen LogP contribution in [0.25, 0.3) is 10.9 Å². The van der Waals surface area contributed by atoms with E-state index in [-0.39, 0.29) is 10.5 Å². The molecule has 1 saturated heterocycles.